The lowest BCUT2D eigenvalue weighted by Crippen LogP contribution is -2.13. The Morgan fingerprint density at radius 2 is 2.12 bits per heavy atom. The fraction of sp³-hybridized carbons (Fsp3) is 0.500. The van der Waals surface area contributed by atoms with Gasteiger partial charge >= 0.3 is 6.18 Å². The molecule has 0 saturated heterocycles. The van der Waals surface area contributed by atoms with E-state index >= 15 is 0 Å². The lowest BCUT2D eigenvalue weighted by atomic mass is 10.0. The zero-order chi connectivity index (χ0) is 12.2. The second-order valence-electron chi connectivity index (χ2n) is 3.51. The van der Waals surface area contributed by atoms with Crippen LogP contribution in [0.25, 0.3) is 0 Å². The van der Waals surface area contributed by atoms with Crippen molar-refractivity contribution < 1.29 is 13.2 Å². The molecule has 1 rings (SSSR count). The van der Waals surface area contributed by atoms with Crippen molar-refractivity contribution in [1.82, 2.24) is 4.98 Å². The van der Waals surface area contributed by atoms with E-state index in [1.54, 1.807) is 6.07 Å². The third-order valence-electron chi connectivity index (χ3n) is 2.18. The van der Waals surface area contributed by atoms with Crippen LogP contribution in [0.3, 0.4) is 0 Å². The molecule has 90 valence electrons. The molecule has 0 aliphatic heterocycles. The van der Waals surface area contributed by atoms with Crippen LogP contribution >= 0.6 is 11.6 Å². The van der Waals surface area contributed by atoms with Gasteiger partial charge in [-0.15, -0.1) is 0 Å². The second kappa shape index (κ2) is 5.50. The van der Waals surface area contributed by atoms with Gasteiger partial charge in [0.1, 0.15) is 0 Å². The van der Waals surface area contributed by atoms with Gasteiger partial charge in [-0.1, -0.05) is 11.6 Å². The predicted molar refractivity (Wildman–Crippen MR) is 56.1 cm³/mol. The average molecular weight is 253 g/mol. The highest BCUT2D eigenvalue weighted by atomic mass is 35.5. The first-order valence-electron chi connectivity index (χ1n) is 4.82. The van der Waals surface area contributed by atoms with Gasteiger partial charge in [0.2, 0.25) is 0 Å². The minimum Gasteiger partial charge on any atom is -0.324 e. The van der Waals surface area contributed by atoms with Crippen molar-refractivity contribution >= 4 is 11.6 Å². The van der Waals surface area contributed by atoms with Crippen LogP contribution in [-0.2, 0) is 0 Å². The van der Waals surface area contributed by atoms with Crippen LogP contribution in [-0.4, -0.2) is 11.2 Å². The normalized spacial score (nSPS) is 13.8. The predicted octanol–water partition coefficient (Wildman–Crippen LogP) is 3.47. The van der Waals surface area contributed by atoms with Crippen LogP contribution in [0.15, 0.2) is 18.5 Å². The average Bonchev–Trinajstić information content (AvgIpc) is 2.16. The van der Waals surface area contributed by atoms with E-state index in [0.717, 1.165) is 0 Å². The molecule has 0 aromatic carbocycles. The maximum Gasteiger partial charge on any atom is 0.389 e. The summed E-state index contributed by atoms with van der Waals surface area (Å²) < 4.78 is 35.7. The minimum absolute atomic E-state index is 0.00329. The first kappa shape index (κ1) is 13.3. The van der Waals surface area contributed by atoms with Gasteiger partial charge in [-0.2, -0.15) is 13.2 Å². The monoisotopic (exact) mass is 252 g/mol. The van der Waals surface area contributed by atoms with Crippen LogP contribution in [0.4, 0.5) is 13.2 Å². The van der Waals surface area contributed by atoms with E-state index in [1.165, 1.54) is 12.4 Å². The Balaban J connectivity index is 2.47. The van der Waals surface area contributed by atoms with Crippen LogP contribution in [0.5, 0.6) is 0 Å². The summed E-state index contributed by atoms with van der Waals surface area (Å²) >= 11 is 5.82. The highest BCUT2D eigenvalue weighted by Gasteiger charge is 2.26. The van der Waals surface area contributed by atoms with Crippen LogP contribution in [0, 0.1) is 0 Å². The molecule has 0 spiro atoms. The molecule has 1 unspecified atom stereocenters. The molecule has 0 amide bonds. The third kappa shape index (κ3) is 4.37. The maximum atomic E-state index is 11.9. The summed E-state index contributed by atoms with van der Waals surface area (Å²) in [5.41, 5.74) is 6.38. The molecule has 0 bridgehead atoms. The van der Waals surface area contributed by atoms with Crippen molar-refractivity contribution in [2.24, 2.45) is 5.73 Å². The van der Waals surface area contributed by atoms with Crippen LogP contribution in [0.1, 0.15) is 30.9 Å². The Kier molecular flexibility index (Phi) is 4.56. The Hall–Kier alpha value is -0.810. The molecule has 1 heterocycles. The van der Waals surface area contributed by atoms with Gasteiger partial charge in [-0.05, 0) is 24.5 Å². The van der Waals surface area contributed by atoms with Gasteiger partial charge in [0.15, 0.2) is 0 Å². The number of pyridine rings is 1. The molecule has 2 nitrogen and oxygen atoms in total. The highest BCUT2D eigenvalue weighted by Crippen LogP contribution is 2.27. The van der Waals surface area contributed by atoms with E-state index in [2.05, 4.69) is 4.98 Å². The van der Waals surface area contributed by atoms with E-state index < -0.39 is 18.6 Å². The highest BCUT2D eigenvalue weighted by molar-refractivity contribution is 6.31. The van der Waals surface area contributed by atoms with E-state index in [4.69, 9.17) is 17.3 Å². The molecular formula is C10H12ClF3N2. The summed E-state index contributed by atoms with van der Waals surface area (Å²) in [7, 11) is 0. The van der Waals surface area contributed by atoms with Gasteiger partial charge in [-0.3, -0.25) is 4.98 Å². The SMILES string of the molecule is NC(CCCC(F)(F)F)c1ccncc1Cl. The van der Waals surface area contributed by atoms with Gasteiger partial charge in [0.25, 0.3) is 0 Å². The number of rotatable bonds is 4. The van der Waals surface area contributed by atoms with Crippen molar-refractivity contribution in [3.05, 3.63) is 29.0 Å². The van der Waals surface area contributed by atoms with Gasteiger partial charge in [-0.25, -0.2) is 0 Å². The van der Waals surface area contributed by atoms with Gasteiger partial charge in [0.05, 0.1) is 5.02 Å². The van der Waals surface area contributed by atoms with E-state index in [9.17, 15) is 13.2 Å². The Morgan fingerprint density at radius 1 is 1.44 bits per heavy atom. The summed E-state index contributed by atoms with van der Waals surface area (Å²) in [5, 5.41) is 0.391. The molecule has 0 radical (unpaired) electrons. The van der Waals surface area contributed by atoms with E-state index in [1.807, 2.05) is 0 Å². The zero-order valence-electron chi connectivity index (χ0n) is 8.47. The molecule has 0 saturated carbocycles. The lowest BCUT2D eigenvalue weighted by Gasteiger charge is -2.13. The Bertz CT molecular complexity index is 341. The van der Waals surface area contributed by atoms with Crippen molar-refractivity contribution in [3.8, 4) is 0 Å². The molecule has 2 N–H and O–H groups in total. The molecule has 6 heteroatoms. The van der Waals surface area contributed by atoms with Crippen molar-refractivity contribution in [1.29, 1.82) is 0 Å². The first-order chi connectivity index (χ1) is 7.40. The standard InChI is InChI=1S/C10H12ClF3N2/c11-8-6-16-5-3-7(8)9(15)2-1-4-10(12,13)14/h3,5-6,9H,1-2,4,15H2. The summed E-state index contributed by atoms with van der Waals surface area (Å²) in [5.74, 6) is 0. The number of hydrogen-bond acceptors (Lipinski definition) is 2. The number of nitrogens with zero attached hydrogens (tertiary/aromatic N) is 1. The van der Waals surface area contributed by atoms with Gasteiger partial charge in [0, 0.05) is 24.9 Å². The molecule has 1 aromatic heterocycles. The van der Waals surface area contributed by atoms with E-state index in [-0.39, 0.29) is 12.8 Å². The molecule has 1 atom stereocenters. The molecule has 0 aliphatic rings. The maximum absolute atomic E-state index is 11.9. The Morgan fingerprint density at radius 3 is 2.69 bits per heavy atom. The van der Waals surface area contributed by atoms with Crippen LogP contribution < -0.4 is 5.73 Å². The van der Waals surface area contributed by atoms with E-state index in [0.29, 0.717) is 10.6 Å². The minimum atomic E-state index is -4.12. The second-order valence-corrected chi connectivity index (χ2v) is 3.92. The third-order valence-corrected chi connectivity index (χ3v) is 2.49. The zero-order valence-corrected chi connectivity index (χ0v) is 9.22. The topological polar surface area (TPSA) is 38.9 Å². The molecule has 16 heavy (non-hydrogen) atoms. The summed E-state index contributed by atoms with van der Waals surface area (Å²) in [4.78, 5) is 3.78. The Labute approximate surface area is 96.6 Å². The fourth-order valence-electron chi connectivity index (χ4n) is 1.36. The largest absolute Gasteiger partial charge is 0.389 e. The summed E-state index contributed by atoms with van der Waals surface area (Å²) in [6, 6.07) is 1.15. The van der Waals surface area contributed by atoms with Gasteiger partial charge < -0.3 is 5.73 Å². The number of alkyl halides is 3. The fourth-order valence-corrected chi connectivity index (χ4v) is 1.62. The number of halogens is 4. The van der Waals surface area contributed by atoms with Crippen molar-refractivity contribution in [2.45, 2.75) is 31.5 Å². The smallest absolute Gasteiger partial charge is 0.324 e. The molecule has 1 aromatic rings. The van der Waals surface area contributed by atoms with Crippen LogP contribution in [0.2, 0.25) is 5.02 Å². The molecule has 0 aliphatic carbocycles. The summed E-state index contributed by atoms with van der Waals surface area (Å²) in [6.07, 6.45) is -1.73. The number of hydrogen-bond donors (Lipinski definition) is 1. The quantitative estimate of drug-likeness (QED) is 0.891. The summed E-state index contributed by atoms with van der Waals surface area (Å²) in [6.45, 7) is 0. The first-order valence-corrected chi connectivity index (χ1v) is 5.19. The molecule has 0 fully saturated rings. The number of nitrogens with two attached hydrogens (primary N) is 1. The number of aromatic nitrogens is 1. The van der Waals surface area contributed by atoms with Crippen molar-refractivity contribution in [2.75, 3.05) is 0 Å². The van der Waals surface area contributed by atoms with Crippen molar-refractivity contribution in [3.63, 3.8) is 0 Å². The lowest BCUT2D eigenvalue weighted by molar-refractivity contribution is -0.135. The molecular weight excluding hydrogens is 241 g/mol.